The van der Waals surface area contributed by atoms with Crippen molar-refractivity contribution in [3.05, 3.63) is 59.9 Å². The van der Waals surface area contributed by atoms with Crippen LogP contribution in [0.2, 0.25) is 0 Å². The van der Waals surface area contributed by atoms with Crippen LogP contribution in [-0.2, 0) is 6.54 Å². The Hall–Kier alpha value is -1.88. The summed E-state index contributed by atoms with van der Waals surface area (Å²) in [6, 6.07) is 10.9. The Balaban J connectivity index is 2.04. The number of benzene rings is 1. The number of rotatable bonds is 5. The summed E-state index contributed by atoms with van der Waals surface area (Å²) < 4.78 is 5.35. The zero-order valence-corrected chi connectivity index (χ0v) is 11.8. The Morgan fingerprint density at radius 1 is 1.26 bits per heavy atom. The van der Waals surface area contributed by atoms with Crippen molar-refractivity contribution >= 4 is 21.8 Å². The minimum atomic E-state index is -0.166. The maximum absolute atomic E-state index is 12.1. The summed E-state index contributed by atoms with van der Waals surface area (Å²) in [6.45, 7) is 0.440. The molecule has 0 atom stereocenters. The van der Waals surface area contributed by atoms with Crippen LogP contribution in [0.5, 0.6) is 5.75 Å². The Morgan fingerprint density at radius 3 is 2.84 bits per heavy atom. The van der Waals surface area contributed by atoms with E-state index in [1.165, 1.54) is 0 Å². The summed E-state index contributed by atoms with van der Waals surface area (Å²) in [7, 11) is 0. The molecule has 0 saturated heterocycles. The summed E-state index contributed by atoms with van der Waals surface area (Å²) in [5.41, 5.74) is 1.82. The number of carbonyl (C=O) groups is 1. The lowest BCUT2D eigenvalue weighted by Crippen LogP contribution is -2.23. The number of ether oxygens (including phenoxy) is 1. The monoisotopic (exact) mass is 320 g/mol. The Kier molecular flexibility index (Phi) is 4.92. The molecule has 98 valence electrons. The first kappa shape index (κ1) is 13.5. The number of aromatic nitrogens is 1. The van der Waals surface area contributed by atoms with Crippen molar-refractivity contribution in [2.45, 2.75) is 6.54 Å². The Morgan fingerprint density at radius 2 is 2.11 bits per heavy atom. The second-order valence-electron chi connectivity index (χ2n) is 3.79. The first-order valence-corrected chi connectivity index (χ1v) is 6.88. The molecule has 0 saturated carbocycles. The highest BCUT2D eigenvalue weighted by Crippen LogP contribution is 2.18. The second-order valence-corrected chi connectivity index (χ2v) is 4.25. The molecule has 0 aliphatic carbocycles. The standard InChI is InChI=1S/C14H13BrN2O2/c15-10-19-13-6-2-1-5-12(13)14(18)17-9-11-4-3-7-16-8-11/h1-8H,9-10H2,(H,17,18). The highest BCUT2D eigenvalue weighted by molar-refractivity contribution is 9.09. The van der Waals surface area contributed by atoms with E-state index in [9.17, 15) is 4.79 Å². The van der Waals surface area contributed by atoms with E-state index in [0.29, 0.717) is 23.4 Å². The van der Waals surface area contributed by atoms with Gasteiger partial charge in [0.25, 0.3) is 5.91 Å². The third-order valence-corrected chi connectivity index (χ3v) is 2.75. The molecule has 0 aliphatic heterocycles. The normalized spacial score (nSPS) is 9.95. The van der Waals surface area contributed by atoms with Gasteiger partial charge in [0.15, 0.2) is 0 Å². The lowest BCUT2D eigenvalue weighted by molar-refractivity contribution is 0.0947. The first-order chi connectivity index (χ1) is 9.31. The highest BCUT2D eigenvalue weighted by Gasteiger charge is 2.11. The molecule has 4 nitrogen and oxygen atoms in total. The molecule has 2 rings (SSSR count). The number of carbonyl (C=O) groups excluding carboxylic acids is 1. The van der Waals surface area contributed by atoms with Crippen molar-refractivity contribution < 1.29 is 9.53 Å². The zero-order chi connectivity index (χ0) is 13.5. The van der Waals surface area contributed by atoms with E-state index in [-0.39, 0.29) is 5.91 Å². The summed E-state index contributed by atoms with van der Waals surface area (Å²) in [4.78, 5) is 16.1. The minimum absolute atomic E-state index is 0.166. The molecule has 2 aromatic rings. The molecule has 1 heterocycles. The fourth-order valence-electron chi connectivity index (χ4n) is 1.62. The molecular formula is C14H13BrN2O2. The van der Waals surface area contributed by atoms with Gasteiger partial charge in [-0.2, -0.15) is 0 Å². The van der Waals surface area contributed by atoms with Gasteiger partial charge in [-0.25, -0.2) is 0 Å². The van der Waals surface area contributed by atoms with Gasteiger partial charge in [0.2, 0.25) is 0 Å². The van der Waals surface area contributed by atoms with E-state index in [1.807, 2.05) is 18.2 Å². The summed E-state index contributed by atoms with van der Waals surface area (Å²) >= 11 is 3.18. The van der Waals surface area contributed by atoms with E-state index >= 15 is 0 Å². The van der Waals surface area contributed by atoms with Crippen LogP contribution >= 0.6 is 15.9 Å². The van der Waals surface area contributed by atoms with Crippen molar-refractivity contribution in [2.75, 3.05) is 5.52 Å². The topological polar surface area (TPSA) is 51.2 Å². The number of hydrogen-bond acceptors (Lipinski definition) is 3. The molecule has 0 radical (unpaired) electrons. The van der Waals surface area contributed by atoms with Crippen LogP contribution < -0.4 is 10.1 Å². The number of nitrogens with one attached hydrogen (secondary N) is 1. The molecule has 19 heavy (non-hydrogen) atoms. The molecule has 0 bridgehead atoms. The van der Waals surface area contributed by atoms with Gasteiger partial charge in [0.05, 0.1) is 5.56 Å². The van der Waals surface area contributed by atoms with Gasteiger partial charge < -0.3 is 10.1 Å². The SMILES string of the molecule is O=C(NCc1cccnc1)c1ccccc1OCBr. The van der Waals surface area contributed by atoms with Gasteiger partial charge in [-0.05, 0) is 39.7 Å². The summed E-state index contributed by atoms with van der Waals surface area (Å²) in [6.07, 6.45) is 3.42. The highest BCUT2D eigenvalue weighted by atomic mass is 79.9. The number of nitrogens with zero attached hydrogens (tertiary/aromatic N) is 1. The number of pyridine rings is 1. The van der Waals surface area contributed by atoms with Crippen LogP contribution in [-0.4, -0.2) is 16.4 Å². The van der Waals surface area contributed by atoms with Crippen LogP contribution in [0.25, 0.3) is 0 Å². The maximum Gasteiger partial charge on any atom is 0.255 e. The van der Waals surface area contributed by atoms with Gasteiger partial charge in [0, 0.05) is 18.9 Å². The van der Waals surface area contributed by atoms with Gasteiger partial charge in [-0.1, -0.05) is 18.2 Å². The first-order valence-electron chi connectivity index (χ1n) is 5.76. The van der Waals surface area contributed by atoms with E-state index in [2.05, 4.69) is 26.2 Å². The van der Waals surface area contributed by atoms with Crippen LogP contribution in [0.4, 0.5) is 0 Å². The Labute approximate surface area is 119 Å². The van der Waals surface area contributed by atoms with Crippen LogP contribution in [0.15, 0.2) is 48.8 Å². The fourth-order valence-corrected chi connectivity index (χ4v) is 1.87. The molecule has 1 N–H and O–H groups in total. The van der Waals surface area contributed by atoms with Crippen LogP contribution in [0, 0.1) is 0 Å². The van der Waals surface area contributed by atoms with Crippen LogP contribution in [0.3, 0.4) is 0 Å². The molecule has 1 aromatic heterocycles. The van der Waals surface area contributed by atoms with Gasteiger partial charge in [-0.15, -0.1) is 0 Å². The van der Waals surface area contributed by atoms with Crippen molar-refractivity contribution in [1.29, 1.82) is 0 Å². The molecule has 5 heteroatoms. The minimum Gasteiger partial charge on any atom is -0.482 e. The van der Waals surface area contributed by atoms with Crippen molar-refractivity contribution in [1.82, 2.24) is 10.3 Å². The van der Waals surface area contributed by atoms with Crippen molar-refractivity contribution in [3.8, 4) is 5.75 Å². The second kappa shape index (κ2) is 6.89. The summed E-state index contributed by atoms with van der Waals surface area (Å²) in [5, 5.41) is 2.84. The molecular weight excluding hydrogens is 308 g/mol. The zero-order valence-electron chi connectivity index (χ0n) is 10.2. The summed E-state index contributed by atoms with van der Waals surface area (Å²) in [5.74, 6) is 0.392. The number of halogens is 1. The lowest BCUT2D eigenvalue weighted by atomic mass is 10.2. The van der Waals surface area contributed by atoms with E-state index in [4.69, 9.17) is 4.74 Å². The molecule has 0 fully saturated rings. The fraction of sp³-hybridized carbons (Fsp3) is 0.143. The molecule has 0 spiro atoms. The number of amides is 1. The largest absolute Gasteiger partial charge is 0.482 e. The third kappa shape index (κ3) is 3.79. The molecule has 1 aromatic carbocycles. The number of para-hydroxylation sites is 1. The van der Waals surface area contributed by atoms with E-state index < -0.39 is 0 Å². The molecule has 1 amide bonds. The maximum atomic E-state index is 12.1. The average Bonchev–Trinajstić information content (AvgIpc) is 2.47. The van der Waals surface area contributed by atoms with E-state index in [1.54, 1.807) is 30.6 Å². The Bertz CT molecular complexity index is 546. The van der Waals surface area contributed by atoms with Gasteiger partial charge in [-0.3, -0.25) is 9.78 Å². The average molecular weight is 321 g/mol. The van der Waals surface area contributed by atoms with Crippen LogP contribution in [0.1, 0.15) is 15.9 Å². The smallest absolute Gasteiger partial charge is 0.255 e. The van der Waals surface area contributed by atoms with Gasteiger partial charge in [0.1, 0.15) is 11.3 Å². The lowest BCUT2D eigenvalue weighted by Gasteiger charge is -2.09. The van der Waals surface area contributed by atoms with Crippen molar-refractivity contribution in [2.24, 2.45) is 0 Å². The predicted molar refractivity (Wildman–Crippen MR) is 76.3 cm³/mol. The molecule has 0 unspecified atom stereocenters. The number of hydrogen-bond donors (Lipinski definition) is 1. The number of alkyl halides is 1. The van der Waals surface area contributed by atoms with Gasteiger partial charge >= 0.3 is 0 Å². The van der Waals surface area contributed by atoms with Crippen molar-refractivity contribution in [3.63, 3.8) is 0 Å². The van der Waals surface area contributed by atoms with E-state index in [0.717, 1.165) is 5.56 Å². The third-order valence-electron chi connectivity index (χ3n) is 2.52. The molecule has 0 aliphatic rings. The predicted octanol–water partition coefficient (Wildman–Crippen LogP) is 2.74. The quantitative estimate of drug-likeness (QED) is 0.862.